The number of hydrogen-bond donors (Lipinski definition) is 0. The van der Waals surface area contributed by atoms with Gasteiger partial charge in [0.05, 0.1) is 18.5 Å². The molecular formula is C10H11O3P. The highest BCUT2D eigenvalue weighted by molar-refractivity contribution is 7.62. The largest absolute Gasteiger partial charge is 0.361 e. The van der Waals surface area contributed by atoms with Crippen LogP contribution in [0.4, 0.5) is 0 Å². The molecule has 4 heteroatoms. The molecule has 0 aromatic heterocycles. The predicted octanol–water partition coefficient (Wildman–Crippen LogP) is 2.11. The smallest absolute Gasteiger partial charge is 0.301 e. The van der Waals surface area contributed by atoms with E-state index in [0.717, 1.165) is 0 Å². The Hall–Kier alpha value is -0.890. The minimum Gasteiger partial charge on any atom is -0.301 e. The molecule has 14 heavy (non-hydrogen) atoms. The molecule has 1 aliphatic heterocycles. The van der Waals surface area contributed by atoms with Crippen molar-refractivity contribution in [3.8, 4) is 0 Å². The molecule has 0 bridgehead atoms. The Morgan fingerprint density at radius 3 is 2.14 bits per heavy atom. The average molecular weight is 210 g/mol. The summed E-state index contributed by atoms with van der Waals surface area (Å²) in [7, 11) is -3.07. The lowest BCUT2D eigenvalue weighted by atomic mass is 10.4. The van der Waals surface area contributed by atoms with E-state index in [1.54, 1.807) is 12.1 Å². The molecular weight excluding hydrogens is 199 g/mol. The number of benzene rings is 1. The van der Waals surface area contributed by atoms with Crippen LogP contribution in [0.3, 0.4) is 0 Å². The highest BCUT2D eigenvalue weighted by Crippen LogP contribution is 2.47. The zero-order chi connectivity index (χ0) is 9.86. The fourth-order valence-corrected chi connectivity index (χ4v) is 2.69. The Kier molecular flexibility index (Phi) is 2.82. The standard InChI is InChI=1S/C10H11O3P/c11-14(10-6-2-1-3-7-10)12-8-4-5-9-13-14/h1-7H,8-9H2. The lowest BCUT2D eigenvalue weighted by Gasteiger charge is -2.15. The van der Waals surface area contributed by atoms with Gasteiger partial charge in [0.1, 0.15) is 0 Å². The first-order valence-electron chi connectivity index (χ1n) is 4.41. The van der Waals surface area contributed by atoms with E-state index in [1.807, 2.05) is 30.4 Å². The van der Waals surface area contributed by atoms with Crippen LogP contribution in [0.2, 0.25) is 0 Å². The van der Waals surface area contributed by atoms with Crippen LogP contribution in [0.15, 0.2) is 42.5 Å². The van der Waals surface area contributed by atoms with Crippen molar-refractivity contribution in [1.82, 2.24) is 0 Å². The zero-order valence-electron chi connectivity index (χ0n) is 7.63. The Labute approximate surface area is 82.9 Å². The van der Waals surface area contributed by atoms with Crippen molar-refractivity contribution in [2.45, 2.75) is 0 Å². The summed E-state index contributed by atoms with van der Waals surface area (Å²) < 4.78 is 22.6. The van der Waals surface area contributed by atoms with Gasteiger partial charge < -0.3 is 9.05 Å². The van der Waals surface area contributed by atoms with Gasteiger partial charge in [-0.05, 0) is 12.1 Å². The maximum Gasteiger partial charge on any atom is 0.361 e. The fraction of sp³-hybridized carbons (Fsp3) is 0.200. The van der Waals surface area contributed by atoms with E-state index in [9.17, 15) is 4.57 Å². The van der Waals surface area contributed by atoms with Crippen molar-refractivity contribution < 1.29 is 13.6 Å². The topological polar surface area (TPSA) is 35.5 Å². The van der Waals surface area contributed by atoms with Crippen molar-refractivity contribution in [3.05, 3.63) is 42.5 Å². The van der Waals surface area contributed by atoms with Crippen LogP contribution in [-0.2, 0) is 13.6 Å². The van der Waals surface area contributed by atoms with E-state index in [1.165, 1.54) is 0 Å². The minimum atomic E-state index is -3.07. The molecule has 0 atom stereocenters. The molecule has 0 unspecified atom stereocenters. The third-order valence-electron chi connectivity index (χ3n) is 1.92. The van der Waals surface area contributed by atoms with Crippen molar-refractivity contribution in [2.24, 2.45) is 0 Å². The van der Waals surface area contributed by atoms with Crippen molar-refractivity contribution in [1.29, 1.82) is 0 Å². The maximum absolute atomic E-state index is 12.2. The second-order valence-corrected chi connectivity index (χ2v) is 4.92. The molecule has 0 aliphatic carbocycles. The van der Waals surface area contributed by atoms with Crippen LogP contribution in [-0.4, -0.2) is 13.2 Å². The number of hydrogen-bond acceptors (Lipinski definition) is 3. The van der Waals surface area contributed by atoms with E-state index in [2.05, 4.69) is 0 Å². The first-order chi connectivity index (χ1) is 6.81. The molecule has 0 fully saturated rings. The van der Waals surface area contributed by atoms with Crippen molar-refractivity contribution in [3.63, 3.8) is 0 Å². The predicted molar refractivity (Wildman–Crippen MR) is 54.7 cm³/mol. The Morgan fingerprint density at radius 2 is 1.57 bits per heavy atom. The molecule has 0 radical (unpaired) electrons. The lowest BCUT2D eigenvalue weighted by molar-refractivity contribution is 0.257. The third kappa shape index (κ3) is 1.95. The van der Waals surface area contributed by atoms with Gasteiger partial charge in [0.15, 0.2) is 0 Å². The summed E-state index contributed by atoms with van der Waals surface area (Å²) in [6.45, 7) is 0.679. The fourth-order valence-electron chi connectivity index (χ4n) is 1.22. The van der Waals surface area contributed by atoms with Gasteiger partial charge in [0, 0.05) is 0 Å². The first-order valence-corrected chi connectivity index (χ1v) is 5.95. The Balaban J connectivity index is 2.28. The van der Waals surface area contributed by atoms with Crippen LogP contribution in [0.5, 0.6) is 0 Å². The van der Waals surface area contributed by atoms with Gasteiger partial charge in [0.2, 0.25) is 0 Å². The molecule has 1 aromatic carbocycles. The summed E-state index contributed by atoms with van der Waals surface area (Å²) in [4.78, 5) is 0. The first kappa shape index (κ1) is 9.66. The van der Waals surface area contributed by atoms with Crippen LogP contribution in [0.1, 0.15) is 0 Å². The second kappa shape index (κ2) is 4.09. The van der Waals surface area contributed by atoms with E-state index in [-0.39, 0.29) is 0 Å². The molecule has 0 N–H and O–H groups in total. The summed E-state index contributed by atoms with van der Waals surface area (Å²) in [6, 6.07) is 9.02. The van der Waals surface area contributed by atoms with Crippen LogP contribution >= 0.6 is 7.60 Å². The van der Waals surface area contributed by atoms with Crippen molar-refractivity contribution >= 4 is 12.9 Å². The van der Waals surface area contributed by atoms with E-state index < -0.39 is 7.60 Å². The zero-order valence-corrected chi connectivity index (χ0v) is 8.52. The van der Waals surface area contributed by atoms with Crippen LogP contribution in [0.25, 0.3) is 0 Å². The summed E-state index contributed by atoms with van der Waals surface area (Å²) in [5.41, 5.74) is 0. The van der Waals surface area contributed by atoms with Gasteiger partial charge in [-0.3, -0.25) is 4.57 Å². The molecule has 3 nitrogen and oxygen atoms in total. The quantitative estimate of drug-likeness (QED) is 0.526. The summed E-state index contributed by atoms with van der Waals surface area (Å²) >= 11 is 0. The van der Waals surface area contributed by atoms with E-state index >= 15 is 0 Å². The van der Waals surface area contributed by atoms with Crippen molar-refractivity contribution in [2.75, 3.05) is 13.2 Å². The van der Waals surface area contributed by atoms with Gasteiger partial charge in [-0.2, -0.15) is 0 Å². The highest BCUT2D eigenvalue weighted by Gasteiger charge is 2.27. The molecule has 1 aliphatic rings. The Morgan fingerprint density at radius 1 is 1.00 bits per heavy atom. The van der Waals surface area contributed by atoms with Gasteiger partial charge >= 0.3 is 7.60 Å². The third-order valence-corrected chi connectivity index (χ3v) is 3.83. The molecule has 74 valence electrons. The van der Waals surface area contributed by atoms with Crippen LogP contribution in [0, 0.1) is 0 Å². The molecule has 0 amide bonds. The van der Waals surface area contributed by atoms with Gasteiger partial charge in [-0.1, -0.05) is 30.4 Å². The second-order valence-electron chi connectivity index (χ2n) is 2.90. The molecule has 0 spiro atoms. The Bertz CT molecular complexity index is 358. The molecule has 2 rings (SSSR count). The van der Waals surface area contributed by atoms with Crippen LogP contribution < -0.4 is 5.30 Å². The number of rotatable bonds is 1. The summed E-state index contributed by atoms with van der Waals surface area (Å²) in [5, 5.41) is 0.615. The molecule has 1 heterocycles. The highest BCUT2D eigenvalue weighted by atomic mass is 31.2. The monoisotopic (exact) mass is 210 g/mol. The minimum absolute atomic E-state index is 0.339. The molecule has 0 saturated heterocycles. The summed E-state index contributed by atoms with van der Waals surface area (Å²) in [6.07, 6.45) is 3.62. The van der Waals surface area contributed by atoms with E-state index in [0.29, 0.717) is 18.5 Å². The normalized spacial score (nSPS) is 20.3. The van der Waals surface area contributed by atoms with E-state index in [4.69, 9.17) is 9.05 Å². The van der Waals surface area contributed by atoms with Gasteiger partial charge in [-0.15, -0.1) is 0 Å². The maximum atomic E-state index is 12.2. The summed E-state index contributed by atoms with van der Waals surface area (Å²) in [5.74, 6) is 0. The SMILES string of the molecule is O=P1(c2ccccc2)OCC=CCO1. The van der Waals surface area contributed by atoms with Gasteiger partial charge in [-0.25, -0.2) is 0 Å². The average Bonchev–Trinajstić information content (AvgIpc) is 2.46. The molecule has 0 saturated carbocycles. The lowest BCUT2D eigenvalue weighted by Crippen LogP contribution is -2.08. The molecule has 1 aromatic rings. The van der Waals surface area contributed by atoms with Gasteiger partial charge in [0.25, 0.3) is 0 Å².